The van der Waals surface area contributed by atoms with Crippen molar-refractivity contribution in [3.8, 4) is 5.75 Å². The van der Waals surface area contributed by atoms with Gasteiger partial charge in [-0.05, 0) is 62.2 Å². The number of halogens is 2. The maximum absolute atomic E-state index is 6.20. The number of rotatable bonds is 10. The van der Waals surface area contributed by atoms with E-state index in [0.29, 0.717) is 16.7 Å². The molecule has 4 heteroatoms. The summed E-state index contributed by atoms with van der Waals surface area (Å²) in [6.07, 6.45) is 3.44. The Balaban J connectivity index is 1.91. The van der Waals surface area contributed by atoms with Gasteiger partial charge >= 0.3 is 0 Å². The zero-order valence-corrected chi connectivity index (χ0v) is 16.6. The lowest BCUT2D eigenvalue weighted by molar-refractivity contribution is 0.277. The third kappa shape index (κ3) is 6.89. The van der Waals surface area contributed by atoms with Crippen LogP contribution in [0.5, 0.6) is 5.75 Å². The molecule has 25 heavy (non-hydrogen) atoms. The average molecular weight is 380 g/mol. The molecule has 0 aliphatic carbocycles. The minimum absolute atomic E-state index is 0.442. The van der Waals surface area contributed by atoms with Crippen LogP contribution < -0.4 is 4.74 Å². The molecule has 2 aromatic carbocycles. The smallest absolute Gasteiger partial charge is 0.120 e. The van der Waals surface area contributed by atoms with Crippen LogP contribution in [0, 0.1) is 0 Å². The van der Waals surface area contributed by atoms with Gasteiger partial charge in [0, 0.05) is 22.2 Å². The van der Waals surface area contributed by atoms with Crippen molar-refractivity contribution in [1.29, 1.82) is 0 Å². The number of benzene rings is 2. The highest BCUT2D eigenvalue weighted by Crippen LogP contribution is 2.23. The molecule has 2 nitrogen and oxygen atoms in total. The van der Waals surface area contributed by atoms with E-state index < -0.39 is 0 Å². The van der Waals surface area contributed by atoms with Crippen LogP contribution in [0.1, 0.15) is 37.8 Å². The zero-order valence-electron chi connectivity index (χ0n) is 15.1. The second kappa shape index (κ2) is 10.7. The highest BCUT2D eigenvalue weighted by Gasteiger charge is 2.05. The van der Waals surface area contributed by atoms with Crippen molar-refractivity contribution < 1.29 is 4.74 Å². The summed E-state index contributed by atoms with van der Waals surface area (Å²) in [7, 11) is 0. The molecule has 0 heterocycles. The molecule has 0 fully saturated rings. The Labute approximate surface area is 161 Å². The molecule has 2 aromatic rings. The normalized spacial score (nSPS) is 11.1. The van der Waals surface area contributed by atoms with Gasteiger partial charge in [-0.15, -0.1) is 0 Å². The van der Waals surface area contributed by atoms with Gasteiger partial charge in [0.1, 0.15) is 12.4 Å². The van der Waals surface area contributed by atoms with Crippen LogP contribution in [-0.2, 0) is 13.0 Å². The quantitative estimate of drug-likeness (QED) is 0.484. The number of ether oxygens (including phenoxy) is 1. The molecule has 0 aliphatic rings. The van der Waals surface area contributed by atoms with Crippen LogP contribution >= 0.6 is 23.2 Å². The standard InChI is InChI=1S/C21H27Cl2NO/c1-3-11-24(12-4-2)13-10-17-6-5-7-20(14-17)25-16-18-8-9-19(22)15-21(18)23/h5-9,14-15H,3-4,10-13,16H2,1-2H3. The number of hydrogen-bond acceptors (Lipinski definition) is 2. The lowest BCUT2D eigenvalue weighted by atomic mass is 10.1. The fourth-order valence-electron chi connectivity index (χ4n) is 2.85. The molecule has 0 saturated carbocycles. The van der Waals surface area contributed by atoms with Crippen molar-refractivity contribution in [2.24, 2.45) is 0 Å². The Morgan fingerprint density at radius 1 is 0.920 bits per heavy atom. The molecule has 0 N–H and O–H groups in total. The molecule has 0 aromatic heterocycles. The van der Waals surface area contributed by atoms with Crippen LogP contribution in [0.3, 0.4) is 0 Å². The monoisotopic (exact) mass is 379 g/mol. The highest BCUT2D eigenvalue weighted by molar-refractivity contribution is 6.35. The second-order valence-corrected chi connectivity index (χ2v) is 7.11. The Hall–Kier alpha value is -1.22. The van der Waals surface area contributed by atoms with Crippen molar-refractivity contribution in [3.05, 3.63) is 63.6 Å². The van der Waals surface area contributed by atoms with E-state index in [1.807, 2.05) is 18.2 Å². The van der Waals surface area contributed by atoms with Crippen LogP contribution in [0.15, 0.2) is 42.5 Å². The Bertz CT molecular complexity index is 654. The summed E-state index contributed by atoms with van der Waals surface area (Å²) in [5.74, 6) is 0.876. The van der Waals surface area contributed by atoms with Crippen molar-refractivity contribution >= 4 is 23.2 Å². The molecule has 0 radical (unpaired) electrons. The van der Waals surface area contributed by atoms with E-state index in [4.69, 9.17) is 27.9 Å². The van der Waals surface area contributed by atoms with Gasteiger partial charge in [0.2, 0.25) is 0 Å². The molecule has 0 atom stereocenters. The summed E-state index contributed by atoms with van der Waals surface area (Å²) in [5, 5.41) is 1.28. The third-order valence-electron chi connectivity index (χ3n) is 4.10. The topological polar surface area (TPSA) is 12.5 Å². The summed E-state index contributed by atoms with van der Waals surface area (Å²) in [4.78, 5) is 2.53. The van der Waals surface area contributed by atoms with Crippen LogP contribution in [0.2, 0.25) is 10.0 Å². The second-order valence-electron chi connectivity index (χ2n) is 6.26. The van der Waals surface area contributed by atoms with Gasteiger partial charge in [-0.2, -0.15) is 0 Å². The first kappa shape index (κ1) is 20.1. The largest absolute Gasteiger partial charge is 0.489 e. The highest BCUT2D eigenvalue weighted by atomic mass is 35.5. The van der Waals surface area contributed by atoms with E-state index in [-0.39, 0.29) is 0 Å². The van der Waals surface area contributed by atoms with E-state index in [1.54, 1.807) is 6.07 Å². The molecule has 136 valence electrons. The molecule has 2 rings (SSSR count). The molecule has 0 spiro atoms. The van der Waals surface area contributed by atoms with Gasteiger partial charge < -0.3 is 9.64 Å². The Morgan fingerprint density at radius 2 is 1.68 bits per heavy atom. The molecule has 0 aliphatic heterocycles. The number of nitrogens with zero attached hydrogens (tertiary/aromatic N) is 1. The predicted octanol–water partition coefficient (Wildman–Crippen LogP) is 6.24. The molecule has 0 unspecified atom stereocenters. The molecular weight excluding hydrogens is 353 g/mol. The van der Waals surface area contributed by atoms with E-state index in [1.165, 1.54) is 31.5 Å². The van der Waals surface area contributed by atoms with Crippen molar-refractivity contribution in [2.75, 3.05) is 19.6 Å². The maximum Gasteiger partial charge on any atom is 0.120 e. The molecule has 0 bridgehead atoms. The van der Waals surface area contributed by atoms with Crippen molar-refractivity contribution in [1.82, 2.24) is 4.90 Å². The van der Waals surface area contributed by atoms with Gasteiger partial charge in [0.15, 0.2) is 0 Å². The van der Waals surface area contributed by atoms with Crippen LogP contribution in [0.4, 0.5) is 0 Å². The minimum atomic E-state index is 0.442. The zero-order chi connectivity index (χ0) is 18.1. The van der Waals surface area contributed by atoms with E-state index in [0.717, 1.165) is 24.3 Å². The summed E-state index contributed by atoms with van der Waals surface area (Å²) in [6.45, 7) is 8.33. The average Bonchev–Trinajstić information content (AvgIpc) is 2.60. The fourth-order valence-corrected chi connectivity index (χ4v) is 3.31. The Morgan fingerprint density at radius 3 is 2.36 bits per heavy atom. The Kier molecular flexibility index (Phi) is 8.60. The SMILES string of the molecule is CCCN(CCC)CCc1cccc(OCc2ccc(Cl)cc2Cl)c1. The van der Waals surface area contributed by atoms with Gasteiger partial charge in [0.05, 0.1) is 0 Å². The van der Waals surface area contributed by atoms with Crippen LogP contribution in [-0.4, -0.2) is 24.5 Å². The van der Waals surface area contributed by atoms with E-state index >= 15 is 0 Å². The summed E-state index contributed by atoms with van der Waals surface area (Å²) in [6, 6.07) is 13.8. The fraction of sp³-hybridized carbons (Fsp3) is 0.429. The van der Waals surface area contributed by atoms with Crippen molar-refractivity contribution in [3.63, 3.8) is 0 Å². The summed E-state index contributed by atoms with van der Waals surface area (Å²) >= 11 is 12.1. The first-order valence-electron chi connectivity index (χ1n) is 9.00. The van der Waals surface area contributed by atoms with Gasteiger partial charge in [-0.1, -0.05) is 55.2 Å². The lowest BCUT2D eigenvalue weighted by Gasteiger charge is -2.21. The predicted molar refractivity (Wildman–Crippen MR) is 108 cm³/mol. The first-order chi connectivity index (χ1) is 12.1. The molecule has 0 saturated heterocycles. The minimum Gasteiger partial charge on any atom is -0.489 e. The molecule has 0 amide bonds. The third-order valence-corrected chi connectivity index (χ3v) is 4.69. The summed E-state index contributed by atoms with van der Waals surface area (Å²) in [5.41, 5.74) is 2.24. The lowest BCUT2D eigenvalue weighted by Crippen LogP contribution is -2.27. The van der Waals surface area contributed by atoms with Gasteiger partial charge in [-0.3, -0.25) is 0 Å². The summed E-state index contributed by atoms with van der Waals surface area (Å²) < 4.78 is 5.91. The maximum atomic E-state index is 6.20. The van der Waals surface area contributed by atoms with Gasteiger partial charge in [0.25, 0.3) is 0 Å². The van der Waals surface area contributed by atoms with E-state index in [2.05, 4.69) is 36.9 Å². The van der Waals surface area contributed by atoms with Crippen LogP contribution in [0.25, 0.3) is 0 Å². The number of hydrogen-bond donors (Lipinski definition) is 0. The van der Waals surface area contributed by atoms with Crippen molar-refractivity contribution in [2.45, 2.75) is 39.7 Å². The van der Waals surface area contributed by atoms with E-state index in [9.17, 15) is 0 Å². The first-order valence-corrected chi connectivity index (χ1v) is 9.76. The molecular formula is C21H27Cl2NO. The van der Waals surface area contributed by atoms with Gasteiger partial charge in [-0.25, -0.2) is 0 Å².